The molecule has 3 aromatic rings. The van der Waals surface area contributed by atoms with E-state index in [9.17, 15) is 14.9 Å². The lowest BCUT2D eigenvalue weighted by atomic mass is 10.1. The Labute approximate surface area is 183 Å². The number of rotatable bonds is 6. The Hall–Kier alpha value is -3.30. The van der Waals surface area contributed by atoms with Crippen LogP contribution in [-0.2, 0) is 6.54 Å². The molecular weight excluding hydrogens is 416 g/mol. The summed E-state index contributed by atoms with van der Waals surface area (Å²) in [5.41, 5.74) is 2.23. The number of ether oxygens (including phenoxy) is 1. The third kappa shape index (κ3) is 4.89. The van der Waals surface area contributed by atoms with Crippen LogP contribution < -0.4 is 4.74 Å². The van der Waals surface area contributed by atoms with E-state index < -0.39 is 4.92 Å². The first-order valence-electron chi connectivity index (χ1n) is 9.88. The topological polar surface area (TPSA) is 88.8 Å². The number of aromatic nitrogens is 1. The van der Waals surface area contributed by atoms with E-state index in [4.69, 9.17) is 9.72 Å². The van der Waals surface area contributed by atoms with Gasteiger partial charge < -0.3 is 9.64 Å². The summed E-state index contributed by atoms with van der Waals surface area (Å²) in [6.07, 6.45) is 0. The first-order chi connectivity index (χ1) is 15.0. The zero-order valence-electron chi connectivity index (χ0n) is 17.1. The van der Waals surface area contributed by atoms with Crippen molar-refractivity contribution in [1.29, 1.82) is 0 Å². The van der Waals surface area contributed by atoms with Crippen molar-refractivity contribution in [3.05, 3.63) is 74.6 Å². The van der Waals surface area contributed by atoms with Gasteiger partial charge in [-0.05, 0) is 18.2 Å². The third-order valence-corrected chi connectivity index (χ3v) is 6.07. The maximum absolute atomic E-state index is 12.7. The number of nitro groups is 1. The highest BCUT2D eigenvalue weighted by Crippen LogP contribution is 2.26. The van der Waals surface area contributed by atoms with Crippen molar-refractivity contribution in [2.75, 3.05) is 33.3 Å². The second kappa shape index (κ2) is 9.23. The van der Waals surface area contributed by atoms with Crippen LogP contribution in [0.2, 0.25) is 0 Å². The lowest BCUT2D eigenvalue weighted by Crippen LogP contribution is -2.48. The summed E-state index contributed by atoms with van der Waals surface area (Å²) in [4.78, 5) is 32.0. The highest BCUT2D eigenvalue weighted by Gasteiger charge is 2.24. The summed E-state index contributed by atoms with van der Waals surface area (Å²) >= 11 is 1.62. The van der Waals surface area contributed by atoms with E-state index in [0.29, 0.717) is 18.7 Å². The van der Waals surface area contributed by atoms with E-state index >= 15 is 0 Å². The number of nitro benzene ring substituents is 1. The normalized spacial score (nSPS) is 14.4. The van der Waals surface area contributed by atoms with E-state index in [1.807, 2.05) is 29.6 Å². The number of nitrogens with zero attached hydrogens (tertiary/aromatic N) is 4. The summed E-state index contributed by atoms with van der Waals surface area (Å²) in [7, 11) is 1.65. The summed E-state index contributed by atoms with van der Waals surface area (Å²) in [6, 6.07) is 13.7. The second-order valence-electron chi connectivity index (χ2n) is 7.23. The van der Waals surface area contributed by atoms with Gasteiger partial charge in [0.25, 0.3) is 11.6 Å². The predicted molar refractivity (Wildman–Crippen MR) is 118 cm³/mol. The van der Waals surface area contributed by atoms with Gasteiger partial charge in [-0.2, -0.15) is 0 Å². The Morgan fingerprint density at radius 2 is 1.94 bits per heavy atom. The Morgan fingerprint density at radius 3 is 2.68 bits per heavy atom. The van der Waals surface area contributed by atoms with Gasteiger partial charge >= 0.3 is 0 Å². The SMILES string of the molecule is COc1cccc(-c2csc(CN3CCN(C(=O)c4cccc([N+](=O)[O-])c4)CC3)n2)c1. The molecule has 0 unspecified atom stereocenters. The highest BCUT2D eigenvalue weighted by molar-refractivity contribution is 7.09. The van der Waals surface area contributed by atoms with E-state index in [1.54, 1.807) is 35.5 Å². The second-order valence-corrected chi connectivity index (χ2v) is 8.18. The van der Waals surface area contributed by atoms with Crippen LogP contribution in [0.4, 0.5) is 5.69 Å². The number of hydrogen-bond acceptors (Lipinski definition) is 7. The van der Waals surface area contributed by atoms with Crippen LogP contribution in [0.3, 0.4) is 0 Å². The number of carbonyl (C=O) groups excluding carboxylic acids is 1. The molecule has 1 aliphatic heterocycles. The molecule has 9 heteroatoms. The Kier molecular flexibility index (Phi) is 6.24. The molecule has 31 heavy (non-hydrogen) atoms. The number of amides is 1. The molecule has 0 saturated carbocycles. The largest absolute Gasteiger partial charge is 0.497 e. The molecule has 2 aromatic carbocycles. The van der Waals surface area contributed by atoms with Crippen LogP contribution in [0, 0.1) is 10.1 Å². The van der Waals surface area contributed by atoms with Crippen LogP contribution in [0.15, 0.2) is 53.9 Å². The van der Waals surface area contributed by atoms with Crippen LogP contribution in [0.25, 0.3) is 11.3 Å². The van der Waals surface area contributed by atoms with Gasteiger partial charge in [0, 0.05) is 54.8 Å². The van der Waals surface area contributed by atoms with E-state index in [-0.39, 0.29) is 11.6 Å². The van der Waals surface area contributed by atoms with Crippen LogP contribution in [0.5, 0.6) is 5.75 Å². The minimum Gasteiger partial charge on any atom is -0.497 e. The van der Waals surface area contributed by atoms with Gasteiger partial charge in [0.05, 0.1) is 24.3 Å². The van der Waals surface area contributed by atoms with Gasteiger partial charge in [0.1, 0.15) is 10.8 Å². The molecule has 160 valence electrons. The molecule has 1 fully saturated rings. The number of thiazole rings is 1. The quantitative estimate of drug-likeness (QED) is 0.431. The first kappa shape index (κ1) is 21.0. The lowest BCUT2D eigenvalue weighted by Gasteiger charge is -2.34. The predicted octanol–water partition coefficient (Wildman–Crippen LogP) is 3.68. The zero-order chi connectivity index (χ0) is 21.8. The summed E-state index contributed by atoms with van der Waals surface area (Å²) < 4.78 is 5.29. The summed E-state index contributed by atoms with van der Waals surface area (Å²) in [5, 5.41) is 14.0. The molecule has 2 heterocycles. The molecule has 1 amide bonds. The average molecular weight is 439 g/mol. The van der Waals surface area contributed by atoms with Crippen LogP contribution in [0.1, 0.15) is 15.4 Å². The zero-order valence-corrected chi connectivity index (χ0v) is 17.9. The van der Waals surface area contributed by atoms with Gasteiger partial charge in [-0.1, -0.05) is 18.2 Å². The molecule has 0 aliphatic carbocycles. The number of carbonyl (C=O) groups is 1. The first-order valence-corrected chi connectivity index (χ1v) is 10.8. The summed E-state index contributed by atoms with van der Waals surface area (Å²) in [5.74, 6) is 0.634. The number of methoxy groups -OCH3 is 1. The molecule has 0 N–H and O–H groups in total. The maximum Gasteiger partial charge on any atom is 0.270 e. The fourth-order valence-corrected chi connectivity index (χ4v) is 4.38. The average Bonchev–Trinajstić information content (AvgIpc) is 3.28. The number of piperazine rings is 1. The molecule has 0 spiro atoms. The van der Waals surface area contributed by atoms with E-state index in [2.05, 4.69) is 4.90 Å². The monoisotopic (exact) mass is 438 g/mol. The maximum atomic E-state index is 12.7. The van der Waals surface area contributed by atoms with Crippen molar-refractivity contribution in [3.63, 3.8) is 0 Å². The van der Waals surface area contributed by atoms with Crippen LogP contribution >= 0.6 is 11.3 Å². The molecule has 4 rings (SSSR count). The van der Waals surface area contributed by atoms with E-state index in [1.165, 1.54) is 12.1 Å². The lowest BCUT2D eigenvalue weighted by molar-refractivity contribution is -0.384. The fourth-order valence-electron chi connectivity index (χ4n) is 3.53. The molecule has 0 bridgehead atoms. The van der Waals surface area contributed by atoms with Crippen molar-refractivity contribution in [3.8, 4) is 17.0 Å². The molecule has 8 nitrogen and oxygen atoms in total. The van der Waals surface area contributed by atoms with Crippen molar-refractivity contribution in [1.82, 2.24) is 14.8 Å². The summed E-state index contributed by atoms with van der Waals surface area (Å²) in [6.45, 7) is 3.35. The Morgan fingerprint density at radius 1 is 1.16 bits per heavy atom. The number of hydrogen-bond donors (Lipinski definition) is 0. The Bertz CT molecular complexity index is 1090. The fraction of sp³-hybridized carbons (Fsp3) is 0.273. The molecule has 1 aromatic heterocycles. The Balaban J connectivity index is 1.34. The standard InChI is InChI=1S/C22H22N4O4S/c1-30-19-7-3-4-16(13-19)20-15-31-21(23-20)14-24-8-10-25(11-9-24)22(27)17-5-2-6-18(12-17)26(28)29/h2-7,12-13,15H,8-11,14H2,1H3. The highest BCUT2D eigenvalue weighted by atomic mass is 32.1. The minimum atomic E-state index is -0.484. The molecule has 1 saturated heterocycles. The van der Waals surface area contributed by atoms with Gasteiger partial charge in [0.2, 0.25) is 0 Å². The van der Waals surface area contributed by atoms with Crippen molar-refractivity contribution in [2.24, 2.45) is 0 Å². The minimum absolute atomic E-state index is 0.0694. The van der Waals surface area contributed by atoms with Gasteiger partial charge in [-0.3, -0.25) is 19.8 Å². The smallest absolute Gasteiger partial charge is 0.270 e. The molecule has 1 aliphatic rings. The molecular formula is C22H22N4O4S. The number of benzene rings is 2. The van der Waals surface area contributed by atoms with Crippen molar-refractivity contribution < 1.29 is 14.5 Å². The van der Waals surface area contributed by atoms with Gasteiger partial charge in [0.15, 0.2) is 0 Å². The van der Waals surface area contributed by atoms with Crippen LogP contribution in [-0.4, -0.2) is 58.9 Å². The third-order valence-electron chi connectivity index (χ3n) is 5.24. The van der Waals surface area contributed by atoms with E-state index in [0.717, 1.165) is 41.6 Å². The molecule has 0 radical (unpaired) electrons. The van der Waals surface area contributed by atoms with Crippen molar-refractivity contribution in [2.45, 2.75) is 6.54 Å². The van der Waals surface area contributed by atoms with Crippen molar-refractivity contribution >= 4 is 22.9 Å². The number of non-ortho nitro benzene ring substituents is 1. The van der Waals surface area contributed by atoms with Gasteiger partial charge in [-0.25, -0.2) is 4.98 Å². The van der Waals surface area contributed by atoms with Gasteiger partial charge in [-0.15, -0.1) is 11.3 Å². The molecule has 0 atom stereocenters.